The van der Waals surface area contributed by atoms with Gasteiger partial charge in [-0.05, 0) is 118 Å². The fourth-order valence-corrected chi connectivity index (χ4v) is 12.2. The van der Waals surface area contributed by atoms with E-state index in [2.05, 4.69) is 50.3 Å². The van der Waals surface area contributed by atoms with E-state index in [0.717, 1.165) is 69.2 Å². The van der Waals surface area contributed by atoms with Crippen LogP contribution in [0.15, 0.2) is 0 Å². The smallest absolute Gasteiger partial charge is 0.232 e. The number of piperidine rings is 1. The minimum absolute atomic E-state index is 0.00572. The first kappa shape index (κ1) is 29.5. The second kappa shape index (κ2) is 10.7. The number of carbonyl (C=O) groups excluding carboxylic acids is 2. The lowest BCUT2D eigenvalue weighted by Crippen LogP contribution is -2.58. The van der Waals surface area contributed by atoms with Crippen molar-refractivity contribution in [3.8, 4) is 0 Å². The summed E-state index contributed by atoms with van der Waals surface area (Å²) in [4.78, 5) is 29.8. The first-order valence-electron chi connectivity index (χ1n) is 17.7. The van der Waals surface area contributed by atoms with Crippen LogP contribution in [0.5, 0.6) is 0 Å². The molecule has 3 saturated heterocycles. The lowest BCUT2D eigenvalue weighted by Gasteiger charge is -2.61. The van der Waals surface area contributed by atoms with Gasteiger partial charge in [-0.3, -0.25) is 14.9 Å². The maximum absolute atomic E-state index is 12.9. The maximum Gasteiger partial charge on any atom is 0.232 e. The third-order valence-electron chi connectivity index (χ3n) is 14.7. The number of piperazine rings is 1. The fraction of sp³-hybridized carbons (Fsp3) is 0.943. The number of rotatable bonds is 3. The molecule has 3 aliphatic heterocycles. The molecule has 1 spiro atoms. The minimum Gasteiger partial charge on any atom is -0.357 e. The molecular weight excluding hydrogens is 524 g/mol. The van der Waals surface area contributed by atoms with E-state index in [-0.39, 0.29) is 30.0 Å². The topological polar surface area (TPSA) is 73.9 Å². The number of likely N-dealkylation sites (N-methyl/N-ethyl adjacent to an activating group) is 1. The third kappa shape index (κ3) is 4.69. The lowest BCUT2D eigenvalue weighted by atomic mass is 9.44. The van der Waals surface area contributed by atoms with Gasteiger partial charge in [-0.2, -0.15) is 0 Å². The van der Waals surface area contributed by atoms with Crippen molar-refractivity contribution in [1.82, 2.24) is 20.4 Å². The highest BCUT2D eigenvalue weighted by Crippen LogP contribution is 2.71. The number of amides is 2. The number of fused-ring (bicyclic) bond motifs is 7. The zero-order chi connectivity index (χ0) is 29.4. The number of hydrogen-bond donors (Lipinski definition) is 2. The Morgan fingerprint density at radius 2 is 1.67 bits per heavy atom. The molecule has 7 nitrogen and oxygen atoms in total. The molecule has 0 aromatic heterocycles. The van der Waals surface area contributed by atoms with Crippen LogP contribution in [0.3, 0.4) is 0 Å². The van der Waals surface area contributed by atoms with Gasteiger partial charge in [0.2, 0.25) is 11.8 Å². The number of nitrogens with one attached hydrogen (secondary N) is 2. The highest BCUT2D eigenvalue weighted by atomic mass is 16.5. The summed E-state index contributed by atoms with van der Waals surface area (Å²) in [6.07, 6.45) is 12.9. The van der Waals surface area contributed by atoms with Crippen molar-refractivity contribution in [2.24, 2.45) is 52.3 Å². The summed E-state index contributed by atoms with van der Waals surface area (Å²) in [5, 5.41) is 7.21. The molecule has 7 rings (SSSR count). The molecule has 0 radical (unpaired) electrons. The Bertz CT molecular complexity index is 1050. The van der Waals surface area contributed by atoms with E-state index in [0.29, 0.717) is 34.7 Å². The molecule has 7 fully saturated rings. The molecule has 1 unspecified atom stereocenters. The van der Waals surface area contributed by atoms with E-state index in [9.17, 15) is 9.59 Å². The monoisotopic (exact) mass is 582 g/mol. The van der Waals surface area contributed by atoms with Crippen LogP contribution in [-0.2, 0) is 14.3 Å². The molecule has 0 aromatic carbocycles. The lowest BCUT2D eigenvalue weighted by molar-refractivity contribution is -0.139. The van der Waals surface area contributed by atoms with E-state index in [1.807, 2.05) is 4.90 Å². The van der Waals surface area contributed by atoms with Gasteiger partial charge in [0.1, 0.15) is 12.1 Å². The number of nitrogens with zero attached hydrogens (tertiary/aromatic N) is 2. The van der Waals surface area contributed by atoms with Gasteiger partial charge in [0.15, 0.2) is 0 Å². The van der Waals surface area contributed by atoms with E-state index in [1.165, 1.54) is 51.4 Å². The molecule has 4 saturated carbocycles. The summed E-state index contributed by atoms with van der Waals surface area (Å²) in [6, 6.07) is 0.225. The minimum atomic E-state index is -0.0752. The molecule has 236 valence electrons. The second-order valence-electron chi connectivity index (χ2n) is 16.7. The third-order valence-corrected chi connectivity index (χ3v) is 14.7. The molecule has 4 aliphatic carbocycles. The van der Waals surface area contributed by atoms with Crippen molar-refractivity contribution in [3.05, 3.63) is 0 Å². The van der Waals surface area contributed by atoms with Crippen molar-refractivity contribution < 1.29 is 14.3 Å². The van der Waals surface area contributed by atoms with Crippen LogP contribution in [0.2, 0.25) is 0 Å². The van der Waals surface area contributed by atoms with Crippen LogP contribution in [0.25, 0.3) is 0 Å². The van der Waals surface area contributed by atoms with Gasteiger partial charge >= 0.3 is 0 Å². The van der Waals surface area contributed by atoms with E-state index in [4.69, 9.17) is 4.74 Å². The van der Waals surface area contributed by atoms with Crippen LogP contribution >= 0.6 is 0 Å². The Balaban J connectivity index is 0.971. The summed E-state index contributed by atoms with van der Waals surface area (Å²) >= 11 is 0. The van der Waals surface area contributed by atoms with Gasteiger partial charge < -0.3 is 19.9 Å². The Kier molecular flexibility index (Phi) is 7.54. The highest BCUT2D eigenvalue weighted by Gasteiger charge is 2.68. The maximum atomic E-state index is 12.9. The molecule has 2 amide bonds. The Morgan fingerprint density at radius 1 is 0.905 bits per heavy atom. The average molecular weight is 583 g/mol. The predicted octanol–water partition coefficient (Wildman–Crippen LogP) is 4.65. The van der Waals surface area contributed by atoms with Crippen LogP contribution < -0.4 is 10.6 Å². The number of carbonyl (C=O) groups is 2. The van der Waals surface area contributed by atoms with E-state index >= 15 is 0 Å². The van der Waals surface area contributed by atoms with Crippen LogP contribution in [-0.4, -0.2) is 79.3 Å². The molecule has 7 aliphatic rings. The quantitative estimate of drug-likeness (QED) is 0.474. The highest BCUT2D eigenvalue weighted by molar-refractivity contribution is 5.97. The van der Waals surface area contributed by atoms with Crippen molar-refractivity contribution in [3.63, 3.8) is 0 Å². The summed E-state index contributed by atoms with van der Waals surface area (Å²) in [6.45, 7) is 14.5. The first-order valence-corrected chi connectivity index (χ1v) is 17.7. The molecule has 12 atom stereocenters. The summed E-state index contributed by atoms with van der Waals surface area (Å²) in [5.41, 5.74) is 0.714. The SMILES string of the molecule is C[C@@H]1CC[C@@]2(NC1)O[C@H]1C[C@H]3[C@@H]4CC[C@@H]5CC(NC(=O)CC(=O)N6CCN(C)CC6)CC[C@]5(C)[C@H]4CC[C@]3(C)[C@H]1[C@@H]2C. The molecule has 42 heavy (non-hydrogen) atoms. The summed E-state index contributed by atoms with van der Waals surface area (Å²) in [7, 11) is 2.09. The zero-order valence-electron chi connectivity index (χ0n) is 27.1. The van der Waals surface area contributed by atoms with Gasteiger partial charge in [0, 0.05) is 44.7 Å². The first-order chi connectivity index (χ1) is 20.0. The zero-order valence-corrected chi connectivity index (χ0v) is 27.1. The number of hydrogen-bond acceptors (Lipinski definition) is 5. The number of ether oxygens (including phenoxy) is 1. The van der Waals surface area contributed by atoms with Crippen molar-refractivity contribution in [1.29, 1.82) is 0 Å². The van der Waals surface area contributed by atoms with Gasteiger partial charge in [0.25, 0.3) is 0 Å². The fourth-order valence-electron chi connectivity index (χ4n) is 12.2. The van der Waals surface area contributed by atoms with Gasteiger partial charge in [-0.15, -0.1) is 0 Å². The molecule has 0 bridgehead atoms. The largest absolute Gasteiger partial charge is 0.357 e. The molecule has 2 N–H and O–H groups in total. The predicted molar refractivity (Wildman–Crippen MR) is 164 cm³/mol. The van der Waals surface area contributed by atoms with E-state index in [1.54, 1.807) is 0 Å². The standard InChI is InChI=1S/C35H58N4O3/c1-22-8-13-35(36-21-22)23(2)32-29(42-35)19-28-26-7-6-24-18-25(9-11-33(24,3)27(26)10-12-34(28,32)4)37-30(40)20-31(41)39-16-14-38(5)15-17-39/h22-29,32,36H,6-21H2,1-5H3,(H,37,40)/t22-,23+,24-,25?,26-,27+,28+,29+,32+,33+,34+,35-/m1/s1. The Hall–Kier alpha value is -1.18. The molecule has 7 heteroatoms. The van der Waals surface area contributed by atoms with Crippen molar-refractivity contribution >= 4 is 11.8 Å². The molecule has 3 heterocycles. The van der Waals surface area contributed by atoms with Crippen LogP contribution in [0.4, 0.5) is 0 Å². The van der Waals surface area contributed by atoms with Gasteiger partial charge in [0.05, 0.1) is 6.10 Å². The Labute approximate surface area is 254 Å². The summed E-state index contributed by atoms with van der Waals surface area (Å²) in [5.74, 6) is 5.08. The normalized spacial score (nSPS) is 50.5. The second-order valence-corrected chi connectivity index (χ2v) is 16.7. The van der Waals surface area contributed by atoms with Crippen LogP contribution in [0, 0.1) is 52.3 Å². The molecular formula is C35H58N4O3. The molecule has 0 aromatic rings. The van der Waals surface area contributed by atoms with Crippen LogP contribution in [0.1, 0.15) is 98.3 Å². The summed E-state index contributed by atoms with van der Waals surface area (Å²) < 4.78 is 7.08. The average Bonchev–Trinajstić information content (AvgIpc) is 3.40. The van der Waals surface area contributed by atoms with Gasteiger partial charge in [-0.1, -0.05) is 27.7 Å². The van der Waals surface area contributed by atoms with Crippen molar-refractivity contribution in [2.75, 3.05) is 39.8 Å². The van der Waals surface area contributed by atoms with Crippen molar-refractivity contribution in [2.45, 2.75) is 116 Å². The Morgan fingerprint density at radius 3 is 2.40 bits per heavy atom. The van der Waals surface area contributed by atoms with E-state index < -0.39 is 0 Å². The van der Waals surface area contributed by atoms with Gasteiger partial charge in [-0.25, -0.2) is 0 Å².